The van der Waals surface area contributed by atoms with Crippen LogP contribution in [0.25, 0.3) is 11.1 Å². The van der Waals surface area contributed by atoms with Crippen LogP contribution in [0.1, 0.15) is 67.3 Å². The van der Waals surface area contributed by atoms with Crippen molar-refractivity contribution in [2.24, 2.45) is 0 Å². The lowest BCUT2D eigenvalue weighted by molar-refractivity contribution is 0.0638. The molecule has 0 atom stereocenters. The Hall–Kier alpha value is -3.99. The molecule has 3 heterocycles. The number of aryl methyl sites for hydroxylation is 2. The number of carbonyl (C=O) groups is 2. The number of nitrogens with zero attached hydrogens (tertiary/aromatic N) is 3. The van der Waals surface area contributed by atoms with Crippen molar-refractivity contribution in [3.63, 3.8) is 0 Å². The molecule has 4 aromatic rings. The van der Waals surface area contributed by atoms with Crippen molar-refractivity contribution in [2.75, 3.05) is 31.7 Å². The zero-order valence-corrected chi connectivity index (χ0v) is 27.6. The number of amides is 1. The van der Waals surface area contributed by atoms with E-state index in [4.69, 9.17) is 21.7 Å². The number of pyridine rings is 2. The third-order valence-electron chi connectivity index (χ3n) is 8.89. The highest BCUT2D eigenvalue weighted by Crippen LogP contribution is 2.36. The molecule has 2 aromatic carbocycles. The lowest BCUT2D eigenvalue weighted by atomic mass is 9.94. The van der Waals surface area contributed by atoms with Gasteiger partial charge in [0.05, 0.1) is 30.0 Å². The molecule has 1 amide bonds. The van der Waals surface area contributed by atoms with Crippen LogP contribution in [0.4, 0.5) is 5.69 Å². The standard InChI is InChI=1S/C37H41ClN4O5/c1-23-17-33(40-34-20-42(15-14-28(23)34)27(21-44)22-45)35(46)18-26-8-5-10-30(36(26)38)29-9-6-11-31(24(29)2)41-37(47)32-13-12-25(19-39-32)7-3-4-16-43/h5-6,8-13,17,19,27,43-45H,3-4,7,14-16,18,20-22H2,1-2H3,(H,41,47). The molecule has 0 spiro atoms. The molecular weight excluding hydrogens is 616 g/mol. The number of rotatable bonds is 13. The number of aromatic nitrogens is 2. The van der Waals surface area contributed by atoms with E-state index in [1.165, 1.54) is 0 Å². The Morgan fingerprint density at radius 1 is 0.979 bits per heavy atom. The molecular formula is C37H41ClN4O5. The number of Topliss-reactive ketones (excluding diaryl/α,β-unsaturated/α-hetero) is 1. The topological polar surface area (TPSA) is 136 Å². The molecule has 0 radical (unpaired) electrons. The van der Waals surface area contributed by atoms with Crippen LogP contribution in [-0.4, -0.2) is 74.3 Å². The van der Waals surface area contributed by atoms with Crippen LogP contribution in [0.3, 0.4) is 0 Å². The van der Waals surface area contributed by atoms with Gasteiger partial charge in [0.1, 0.15) is 11.4 Å². The minimum Gasteiger partial charge on any atom is -0.396 e. The first-order chi connectivity index (χ1) is 22.7. The fraction of sp³-hybridized carbons (Fsp3) is 0.351. The average Bonchev–Trinajstić information content (AvgIpc) is 3.07. The maximum atomic E-state index is 13.6. The van der Waals surface area contributed by atoms with Gasteiger partial charge in [0.15, 0.2) is 5.78 Å². The van der Waals surface area contributed by atoms with Crippen LogP contribution in [-0.2, 0) is 25.8 Å². The Morgan fingerprint density at radius 3 is 2.47 bits per heavy atom. The maximum absolute atomic E-state index is 13.6. The molecule has 0 saturated carbocycles. The van der Waals surface area contributed by atoms with E-state index < -0.39 is 0 Å². The first-order valence-corrected chi connectivity index (χ1v) is 16.3. The van der Waals surface area contributed by atoms with Crippen LogP contribution in [0.15, 0.2) is 60.8 Å². The number of fused-ring (bicyclic) bond motifs is 1. The van der Waals surface area contributed by atoms with E-state index in [0.29, 0.717) is 40.8 Å². The fourth-order valence-corrected chi connectivity index (χ4v) is 6.39. The lowest BCUT2D eigenvalue weighted by Gasteiger charge is -2.33. The van der Waals surface area contributed by atoms with Gasteiger partial charge < -0.3 is 20.6 Å². The summed E-state index contributed by atoms with van der Waals surface area (Å²) < 4.78 is 0. The van der Waals surface area contributed by atoms with Crippen molar-refractivity contribution >= 4 is 29.0 Å². The molecule has 10 heteroatoms. The third kappa shape index (κ3) is 7.94. The third-order valence-corrected chi connectivity index (χ3v) is 9.34. The molecule has 1 aliphatic heterocycles. The molecule has 5 rings (SSSR count). The Kier molecular flexibility index (Phi) is 11.5. The Balaban J connectivity index is 1.33. The second-order valence-electron chi connectivity index (χ2n) is 12.0. The van der Waals surface area contributed by atoms with Gasteiger partial charge in [0.25, 0.3) is 5.91 Å². The van der Waals surface area contributed by atoms with Crippen molar-refractivity contribution in [3.8, 4) is 11.1 Å². The number of carbonyl (C=O) groups excluding carboxylic acids is 2. The molecule has 2 aromatic heterocycles. The van der Waals surface area contributed by atoms with E-state index in [0.717, 1.165) is 64.8 Å². The van der Waals surface area contributed by atoms with Gasteiger partial charge in [-0.1, -0.05) is 48.0 Å². The smallest absolute Gasteiger partial charge is 0.274 e. The summed E-state index contributed by atoms with van der Waals surface area (Å²) in [5.74, 6) is -0.477. The summed E-state index contributed by atoms with van der Waals surface area (Å²) >= 11 is 6.96. The summed E-state index contributed by atoms with van der Waals surface area (Å²) in [5, 5.41) is 31.7. The number of anilines is 1. The number of aliphatic hydroxyl groups excluding tert-OH is 3. The minimum atomic E-state index is -0.363. The van der Waals surface area contributed by atoms with Crippen LogP contribution in [0.2, 0.25) is 5.02 Å². The molecule has 0 aliphatic carbocycles. The number of ketones is 1. The zero-order valence-electron chi connectivity index (χ0n) is 26.8. The summed E-state index contributed by atoms with van der Waals surface area (Å²) in [7, 11) is 0. The summed E-state index contributed by atoms with van der Waals surface area (Å²) in [6.07, 6.45) is 4.87. The molecule has 1 aliphatic rings. The first-order valence-electron chi connectivity index (χ1n) is 16.0. The number of benzene rings is 2. The van der Waals surface area contributed by atoms with Gasteiger partial charge in [-0.3, -0.25) is 19.5 Å². The number of halogens is 1. The summed E-state index contributed by atoms with van der Waals surface area (Å²) in [4.78, 5) is 37.7. The molecule has 4 N–H and O–H groups in total. The van der Waals surface area contributed by atoms with Gasteiger partial charge in [-0.15, -0.1) is 0 Å². The second kappa shape index (κ2) is 15.7. The number of hydrogen-bond donors (Lipinski definition) is 4. The number of nitrogens with one attached hydrogen (secondary N) is 1. The van der Waals surface area contributed by atoms with E-state index in [2.05, 4.69) is 10.3 Å². The van der Waals surface area contributed by atoms with Crippen LogP contribution >= 0.6 is 11.6 Å². The molecule has 246 valence electrons. The minimum absolute atomic E-state index is 0.0641. The summed E-state index contributed by atoms with van der Waals surface area (Å²) in [6, 6.07) is 16.3. The van der Waals surface area contributed by atoms with Crippen molar-refractivity contribution in [3.05, 3.63) is 111 Å². The molecule has 47 heavy (non-hydrogen) atoms. The molecule has 0 fully saturated rings. The van der Waals surface area contributed by atoms with Crippen LogP contribution in [0.5, 0.6) is 0 Å². The van der Waals surface area contributed by atoms with Crippen molar-refractivity contribution in [2.45, 2.75) is 58.5 Å². The Bertz CT molecular complexity index is 1740. The predicted molar refractivity (Wildman–Crippen MR) is 183 cm³/mol. The quantitative estimate of drug-likeness (QED) is 0.115. The average molecular weight is 657 g/mol. The number of hydrogen-bond acceptors (Lipinski definition) is 8. The second-order valence-corrected chi connectivity index (χ2v) is 12.4. The Morgan fingerprint density at radius 2 is 1.74 bits per heavy atom. The van der Waals surface area contributed by atoms with Crippen molar-refractivity contribution < 1.29 is 24.9 Å². The highest BCUT2D eigenvalue weighted by molar-refractivity contribution is 6.34. The van der Waals surface area contributed by atoms with Crippen molar-refractivity contribution in [1.29, 1.82) is 0 Å². The first kappa shape index (κ1) is 34.3. The predicted octanol–water partition coefficient (Wildman–Crippen LogP) is 5.12. The van der Waals surface area contributed by atoms with Gasteiger partial charge in [0, 0.05) is 43.6 Å². The SMILES string of the molecule is Cc1cc(C(=O)Cc2cccc(-c3cccc(NC(=O)c4ccc(CCCCO)cn4)c3C)c2Cl)nc2c1CCN(C(CO)CO)C2. The maximum Gasteiger partial charge on any atom is 0.274 e. The van der Waals surface area contributed by atoms with Gasteiger partial charge >= 0.3 is 0 Å². The zero-order chi connectivity index (χ0) is 33.5. The van der Waals surface area contributed by atoms with E-state index in [1.54, 1.807) is 12.3 Å². The van der Waals surface area contributed by atoms with E-state index in [-0.39, 0.29) is 44.0 Å². The molecule has 0 bridgehead atoms. The normalized spacial score (nSPS) is 13.1. The van der Waals surface area contributed by atoms with E-state index in [1.807, 2.05) is 67.3 Å². The lowest BCUT2D eigenvalue weighted by Crippen LogP contribution is -2.44. The Labute approximate surface area is 280 Å². The molecule has 9 nitrogen and oxygen atoms in total. The van der Waals surface area contributed by atoms with Gasteiger partial charge in [-0.05, 0) is 91.1 Å². The van der Waals surface area contributed by atoms with Crippen molar-refractivity contribution in [1.82, 2.24) is 14.9 Å². The van der Waals surface area contributed by atoms with Crippen LogP contribution < -0.4 is 5.32 Å². The van der Waals surface area contributed by atoms with Gasteiger partial charge in [0.2, 0.25) is 0 Å². The summed E-state index contributed by atoms with van der Waals surface area (Å²) in [5.41, 5.74) is 8.30. The number of aliphatic hydroxyl groups is 3. The van der Waals surface area contributed by atoms with Gasteiger partial charge in [-0.25, -0.2) is 4.98 Å². The van der Waals surface area contributed by atoms with Gasteiger partial charge in [-0.2, -0.15) is 0 Å². The molecule has 0 saturated heterocycles. The number of unbranched alkanes of at least 4 members (excludes halogenated alkanes) is 1. The van der Waals surface area contributed by atoms with E-state index in [9.17, 15) is 19.8 Å². The highest BCUT2D eigenvalue weighted by Gasteiger charge is 2.26. The highest BCUT2D eigenvalue weighted by atomic mass is 35.5. The largest absolute Gasteiger partial charge is 0.396 e. The summed E-state index contributed by atoms with van der Waals surface area (Å²) in [6.45, 7) is 4.92. The fourth-order valence-electron chi connectivity index (χ4n) is 6.09. The monoisotopic (exact) mass is 656 g/mol. The van der Waals surface area contributed by atoms with Crippen LogP contribution in [0, 0.1) is 13.8 Å². The molecule has 0 unspecified atom stereocenters. The van der Waals surface area contributed by atoms with E-state index >= 15 is 0 Å².